The number of nitrogens with one attached hydrogen (secondary N) is 1. The van der Waals surface area contributed by atoms with E-state index in [1.54, 1.807) is 0 Å². The number of carbonyl (C=O) groups is 1. The first-order valence-corrected chi connectivity index (χ1v) is 6.50. The van der Waals surface area contributed by atoms with Crippen LogP contribution >= 0.6 is 0 Å². The number of piperidine rings is 1. The van der Waals surface area contributed by atoms with Gasteiger partial charge in [0, 0.05) is 19.7 Å². The molecule has 5 heteroatoms. The number of amides is 2. The Kier molecular flexibility index (Phi) is 4.23. The lowest BCUT2D eigenvalue weighted by atomic mass is 10.0. The van der Waals surface area contributed by atoms with Crippen LogP contribution in [0, 0.1) is 0 Å². The van der Waals surface area contributed by atoms with Crippen molar-refractivity contribution in [3.63, 3.8) is 0 Å². The molecule has 0 aromatic carbocycles. The van der Waals surface area contributed by atoms with Crippen LogP contribution in [0.4, 0.5) is 4.79 Å². The third-order valence-electron chi connectivity index (χ3n) is 3.77. The molecule has 1 N–H and O–H groups in total. The Hall–Kier alpha value is -0.810. The van der Waals surface area contributed by atoms with Crippen molar-refractivity contribution in [2.45, 2.75) is 38.0 Å². The summed E-state index contributed by atoms with van der Waals surface area (Å²) in [5, 5.41) is 2.94. The van der Waals surface area contributed by atoms with Gasteiger partial charge in [0.05, 0.1) is 0 Å². The largest absolute Gasteiger partial charge is 0.358 e. The van der Waals surface area contributed by atoms with E-state index in [9.17, 15) is 4.79 Å². The molecule has 0 bridgehead atoms. The molecule has 5 nitrogen and oxygen atoms in total. The lowest BCUT2D eigenvalue weighted by Gasteiger charge is -2.35. The van der Waals surface area contributed by atoms with Gasteiger partial charge in [-0.1, -0.05) is 0 Å². The molecule has 2 aliphatic heterocycles. The van der Waals surface area contributed by atoms with Crippen molar-refractivity contribution in [2.75, 3.05) is 33.8 Å². The van der Waals surface area contributed by atoms with Crippen molar-refractivity contribution in [2.24, 2.45) is 0 Å². The van der Waals surface area contributed by atoms with E-state index in [4.69, 9.17) is 4.74 Å². The molecule has 0 aromatic heterocycles. The summed E-state index contributed by atoms with van der Waals surface area (Å²) in [6, 6.07) is 0.374. The lowest BCUT2D eigenvalue weighted by molar-refractivity contribution is 0.0785. The second kappa shape index (κ2) is 5.69. The molecule has 0 radical (unpaired) electrons. The molecule has 17 heavy (non-hydrogen) atoms. The Bertz CT molecular complexity index is 258. The molecule has 98 valence electrons. The van der Waals surface area contributed by atoms with Crippen LogP contribution in [0.1, 0.15) is 25.7 Å². The highest BCUT2D eigenvalue weighted by atomic mass is 16.5. The van der Waals surface area contributed by atoms with Crippen LogP contribution in [0.15, 0.2) is 0 Å². The zero-order valence-electron chi connectivity index (χ0n) is 10.8. The van der Waals surface area contributed by atoms with E-state index in [0.29, 0.717) is 6.04 Å². The summed E-state index contributed by atoms with van der Waals surface area (Å²) in [6.45, 7) is 2.91. The van der Waals surface area contributed by atoms with Crippen LogP contribution in [0.3, 0.4) is 0 Å². The maximum absolute atomic E-state index is 12.0. The fraction of sp³-hybridized carbons (Fsp3) is 0.917. The van der Waals surface area contributed by atoms with Crippen molar-refractivity contribution in [1.82, 2.24) is 15.1 Å². The number of urea groups is 1. The van der Waals surface area contributed by atoms with E-state index in [1.165, 1.54) is 0 Å². The number of carbonyl (C=O) groups excluding carboxylic acids is 1. The highest BCUT2D eigenvalue weighted by Gasteiger charge is 2.26. The van der Waals surface area contributed by atoms with E-state index in [2.05, 4.69) is 17.3 Å². The lowest BCUT2D eigenvalue weighted by Crippen LogP contribution is -2.50. The van der Waals surface area contributed by atoms with Crippen LogP contribution in [-0.4, -0.2) is 61.9 Å². The van der Waals surface area contributed by atoms with Crippen LogP contribution in [0.2, 0.25) is 0 Å². The maximum atomic E-state index is 12.0. The Morgan fingerprint density at radius 1 is 1.35 bits per heavy atom. The van der Waals surface area contributed by atoms with Gasteiger partial charge in [-0.25, -0.2) is 4.79 Å². The quantitative estimate of drug-likeness (QED) is 0.780. The third-order valence-corrected chi connectivity index (χ3v) is 3.77. The minimum Gasteiger partial charge on any atom is -0.358 e. The number of ether oxygens (including phenoxy) is 1. The normalized spacial score (nSPS) is 27.1. The summed E-state index contributed by atoms with van der Waals surface area (Å²) in [4.78, 5) is 16.2. The zero-order chi connectivity index (χ0) is 12.3. The summed E-state index contributed by atoms with van der Waals surface area (Å²) in [5.74, 6) is 0. The number of hydrogen-bond acceptors (Lipinski definition) is 3. The predicted octanol–water partition coefficient (Wildman–Crippen LogP) is 0.858. The topological polar surface area (TPSA) is 44.8 Å². The summed E-state index contributed by atoms with van der Waals surface area (Å²) < 4.78 is 5.41. The molecular weight excluding hydrogens is 218 g/mol. The highest BCUT2D eigenvalue weighted by molar-refractivity contribution is 5.74. The Labute approximate surface area is 103 Å². The number of likely N-dealkylation sites (tertiary alicyclic amines) is 1. The molecule has 0 aliphatic carbocycles. The Morgan fingerprint density at radius 2 is 2.06 bits per heavy atom. The second-order valence-corrected chi connectivity index (χ2v) is 5.10. The highest BCUT2D eigenvalue weighted by Crippen LogP contribution is 2.15. The minimum atomic E-state index is -0.0729. The number of hydrogen-bond donors (Lipinski definition) is 1. The average molecular weight is 241 g/mol. The van der Waals surface area contributed by atoms with E-state index in [0.717, 1.165) is 45.4 Å². The Morgan fingerprint density at radius 3 is 2.65 bits per heavy atom. The van der Waals surface area contributed by atoms with Gasteiger partial charge in [-0.05, 0) is 45.8 Å². The van der Waals surface area contributed by atoms with Gasteiger partial charge in [-0.3, -0.25) is 0 Å². The van der Waals surface area contributed by atoms with Gasteiger partial charge in [0.25, 0.3) is 0 Å². The van der Waals surface area contributed by atoms with Gasteiger partial charge >= 0.3 is 6.03 Å². The SMILES string of the molecule is CN1CCC(N(C)C(=O)NC2CCCO2)CC1. The minimum absolute atomic E-state index is 0.00598. The summed E-state index contributed by atoms with van der Waals surface area (Å²) >= 11 is 0. The van der Waals surface area contributed by atoms with Gasteiger partial charge in [0.15, 0.2) is 0 Å². The molecular formula is C12H23N3O2. The van der Waals surface area contributed by atoms with Crippen LogP contribution in [0.5, 0.6) is 0 Å². The van der Waals surface area contributed by atoms with E-state index < -0.39 is 0 Å². The standard InChI is InChI=1S/C12H23N3O2/c1-14-7-5-10(6-8-14)15(2)12(16)13-11-4-3-9-17-11/h10-11H,3-9H2,1-2H3,(H,13,16). The van der Waals surface area contributed by atoms with Crippen molar-refractivity contribution in [1.29, 1.82) is 0 Å². The molecule has 2 fully saturated rings. The maximum Gasteiger partial charge on any atom is 0.319 e. The molecule has 2 rings (SSSR count). The number of rotatable bonds is 2. The van der Waals surface area contributed by atoms with Crippen LogP contribution in [0.25, 0.3) is 0 Å². The van der Waals surface area contributed by atoms with Crippen molar-refractivity contribution in [3.8, 4) is 0 Å². The fourth-order valence-electron chi connectivity index (χ4n) is 2.48. The monoisotopic (exact) mass is 241 g/mol. The molecule has 1 unspecified atom stereocenters. The third kappa shape index (κ3) is 3.33. The first-order chi connectivity index (χ1) is 8.16. The molecule has 0 aromatic rings. The molecule has 1 atom stereocenters. The van der Waals surface area contributed by atoms with Crippen LogP contribution < -0.4 is 5.32 Å². The smallest absolute Gasteiger partial charge is 0.319 e. The second-order valence-electron chi connectivity index (χ2n) is 5.10. The Balaban J connectivity index is 1.77. The van der Waals surface area contributed by atoms with Gasteiger partial charge < -0.3 is 19.9 Å². The molecule has 2 amide bonds. The fourth-order valence-corrected chi connectivity index (χ4v) is 2.48. The first kappa shape index (κ1) is 12.6. The van der Waals surface area contributed by atoms with Gasteiger partial charge in [0.2, 0.25) is 0 Å². The molecule has 2 saturated heterocycles. The van der Waals surface area contributed by atoms with E-state index >= 15 is 0 Å². The van der Waals surface area contributed by atoms with Crippen molar-refractivity contribution in [3.05, 3.63) is 0 Å². The van der Waals surface area contributed by atoms with Gasteiger partial charge in [0.1, 0.15) is 6.23 Å². The molecule has 0 saturated carbocycles. The summed E-state index contributed by atoms with van der Waals surface area (Å²) in [5.41, 5.74) is 0. The molecule has 2 heterocycles. The number of nitrogens with zero attached hydrogens (tertiary/aromatic N) is 2. The molecule has 2 aliphatic rings. The van der Waals surface area contributed by atoms with Crippen molar-refractivity contribution < 1.29 is 9.53 Å². The summed E-state index contributed by atoms with van der Waals surface area (Å²) in [7, 11) is 4.02. The van der Waals surface area contributed by atoms with Gasteiger partial charge in [-0.2, -0.15) is 0 Å². The van der Waals surface area contributed by atoms with Crippen molar-refractivity contribution >= 4 is 6.03 Å². The summed E-state index contributed by atoms with van der Waals surface area (Å²) in [6.07, 6.45) is 4.03. The van der Waals surface area contributed by atoms with E-state index in [1.807, 2.05) is 11.9 Å². The van der Waals surface area contributed by atoms with E-state index in [-0.39, 0.29) is 12.3 Å². The predicted molar refractivity (Wildman–Crippen MR) is 65.8 cm³/mol. The zero-order valence-corrected chi connectivity index (χ0v) is 10.8. The van der Waals surface area contributed by atoms with Crippen LogP contribution in [-0.2, 0) is 4.74 Å². The van der Waals surface area contributed by atoms with Gasteiger partial charge in [-0.15, -0.1) is 0 Å². The first-order valence-electron chi connectivity index (χ1n) is 6.50. The molecule has 0 spiro atoms. The average Bonchev–Trinajstić information content (AvgIpc) is 2.82.